The van der Waals surface area contributed by atoms with Gasteiger partial charge >= 0.3 is 0 Å². The fourth-order valence-electron chi connectivity index (χ4n) is 4.19. The third kappa shape index (κ3) is 4.53. The Morgan fingerprint density at radius 1 is 1.17 bits per heavy atom. The van der Waals surface area contributed by atoms with E-state index in [1.54, 1.807) is 6.08 Å². The number of amides is 1. The second kappa shape index (κ2) is 9.54. The van der Waals surface area contributed by atoms with Crippen LogP contribution in [0.25, 0.3) is 17.0 Å². The maximum Gasteiger partial charge on any atom is 0.283 e. The molecule has 2 aromatic carbocycles. The molecule has 0 atom stereocenters. The highest BCUT2D eigenvalue weighted by Crippen LogP contribution is 2.31. The predicted molar refractivity (Wildman–Crippen MR) is 143 cm³/mol. The maximum absolute atomic E-state index is 12.8. The van der Waals surface area contributed by atoms with Crippen LogP contribution >= 0.6 is 11.8 Å². The molecule has 5 rings (SSSR count). The van der Waals surface area contributed by atoms with Crippen molar-refractivity contribution in [1.29, 1.82) is 5.41 Å². The number of thioether (sulfide) groups is 1. The van der Waals surface area contributed by atoms with Gasteiger partial charge in [-0.3, -0.25) is 10.2 Å². The second-order valence-electron chi connectivity index (χ2n) is 8.68. The topological polar surface area (TPSA) is 83.0 Å². The number of rotatable bonds is 7. The molecule has 3 heterocycles. The number of carbonyl (C=O) groups is 1. The average molecular weight is 486 g/mol. The van der Waals surface area contributed by atoms with Crippen molar-refractivity contribution in [2.75, 3.05) is 6.61 Å². The third-order valence-electron chi connectivity index (χ3n) is 6.01. The monoisotopic (exact) mass is 485 g/mol. The van der Waals surface area contributed by atoms with Gasteiger partial charge in [0.15, 0.2) is 5.84 Å². The smallest absolute Gasteiger partial charge is 0.283 e. The number of hydrogen-bond donors (Lipinski definition) is 1. The van der Waals surface area contributed by atoms with Crippen molar-refractivity contribution < 1.29 is 9.53 Å². The summed E-state index contributed by atoms with van der Waals surface area (Å²) in [5.74, 6) is 0.552. The van der Waals surface area contributed by atoms with E-state index < -0.39 is 5.91 Å². The van der Waals surface area contributed by atoms with E-state index in [9.17, 15) is 4.79 Å². The zero-order valence-corrected chi connectivity index (χ0v) is 20.9. The van der Waals surface area contributed by atoms with Crippen molar-refractivity contribution in [2.24, 2.45) is 10.1 Å². The van der Waals surface area contributed by atoms with E-state index in [0.717, 1.165) is 45.7 Å². The zero-order chi connectivity index (χ0) is 24.5. The number of para-hydroxylation sites is 1. The highest BCUT2D eigenvalue weighted by atomic mass is 32.2. The number of nitrogens with zero attached hydrogens (tertiary/aromatic N) is 4. The minimum atomic E-state index is -0.406. The second-order valence-corrected chi connectivity index (χ2v) is 9.72. The molecule has 2 aliphatic heterocycles. The van der Waals surface area contributed by atoms with E-state index in [2.05, 4.69) is 52.8 Å². The number of aliphatic imine (C=N–C) groups is 1. The molecule has 3 aromatic rings. The number of aromatic nitrogens is 1. The highest BCUT2D eigenvalue weighted by molar-refractivity contribution is 8.26. The van der Waals surface area contributed by atoms with Crippen molar-refractivity contribution in [2.45, 2.75) is 40.2 Å². The Bertz CT molecular complexity index is 1430. The number of hydrogen-bond acceptors (Lipinski definition) is 5. The molecule has 35 heavy (non-hydrogen) atoms. The Labute approximate surface area is 208 Å². The largest absolute Gasteiger partial charge is 0.491 e. The lowest BCUT2D eigenvalue weighted by Gasteiger charge is -2.20. The zero-order valence-electron chi connectivity index (χ0n) is 20.0. The molecule has 0 aliphatic carbocycles. The van der Waals surface area contributed by atoms with E-state index in [0.29, 0.717) is 18.3 Å². The molecule has 178 valence electrons. The molecule has 0 spiro atoms. The van der Waals surface area contributed by atoms with Crippen LogP contribution < -0.4 is 4.74 Å². The molecule has 0 fully saturated rings. The van der Waals surface area contributed by atoms with E-state index in [1.165, 1.54) is 22.3 Å². The summed E-state index contributed by atoms with van der Waals surface area (Å²) in [5, 5.41) is 17.0. The minimum Gasteiger partial charge on any atom is -0.491 e. The molecule has 1 aromatic heterocycles. The number of carbonyl (C=O) groups excluding carboxylic acids is 1. The third-order valence-corrected chi connectivity index (χ3v) is 6.98. The average Bonchev–Trinajstić information content (AvgIpc) is 3.40. The van der Waals surface area contributed by atoms with E-state index in [4.69, 9.17) is 10.1 Å². The summed E-state index contributed by atoms with van der Waals surface area (Å²) in [7, 11) is 0. The number of amidine groups is 2. The van der Waals surface area contributed by atoms with E-state index in [-0.39, 0.29) is 11.4 Å². The van der Waals surface area contributed by atoms with Crippen LogP contribution in [0.15, 0.2) is 64.3 Å². The summed E-state index contributed by atoms with van der Waals surface area (Å²) in [6.45, 7) is 7.34. The minimum absolute atomic E-state index is 0.0636. The summed E-state index contributed by atoms with van der Waals surface area (Å²) >= 11 is 1.37. The van der Waals surface area contributed by atoms with E-state index >= 15 is 0 Å². The molecular weight excluding hydrogens is 458 g/mol. The van der Waals surface area contributed by atoms with Crippen molar-refractivity contribution in [3.63, 3.8) is 0 Å². The lowest BCUT2D eigenvalue weighted by Crippen LogP contribution is -2.35. The molecule has 0 saturated heterocycles. The number of ether oxygens (including phenoxy) is 1. The summed E-state index contributed by atoms with van der Waals surface area (Å²) in [4.78, 5) is 17.0. The van der Waals surface area contributed by atoms with Gasteiger partial charge in [-0.25, -0.2) is 0 Å². The Morgan fingerprint density at radius 2 is 2.00 bits per heavy atom. The number of hydrazone groups is 1. The van der Waals surface area contributed by atoms with Crippen LogP contribution in [-0.4, -0.2) is 38.1 Å². The van der Waals surface area contributed by atoms with Crippen LogP contribution in [0.3, 0.4) is 0 Å². The Hall–Kier alpha value is -3.65. The highest BCUT2D eigenvalue weighted by Gasteiger charge is 2.35. The van der Waals surface area contributed by atoms with Gasteiger partial charge in [-0.1, -0.05) is 37.3 Å². The molecule has 1 amide bonds. The van der Waals surface area contributed by atoms with Crippen molar-refractivity contribution >= 4 is 50.7 Å². The van der Waals surface area contributed by atoms with Gasteiger partial charge in [0.1, 0.15) is 17.4 Å². The van der Waals surface area contributed by atoms with Crippen molar-refractivity contribution in [1.82, 2.24) is 9.58 Å². The van der Waals surface area contributed by atoms with Crippen LogP contribution in [0.5, 0.6) is 5.75 Å². The van der Waals surface area contributed by atoms with Gasteiger partial charge in [0.25, 0.3) is 5.91 Å². The van der Waals surface area contributed by atoms with Gasteiger partial charge in [-0.2, -0.15) is 15.1 Å². The maximum atomic E-state index is 12.8. The molecule has 0 saturated carbocycles. The number of nitrogens with one attached hydrogen (secondary N) is 1. The van der Waals surface area contributed by atoms with Crippen molar-refractivity contribution in [3.05, 3.63) is 70.9 Å². The fourth-order valence-corrected chi connectivity index (χ4v) is 5.18. The molecule has 1 N–H and O–H groups in total. The van der Waals surface area contributed by atoms with E-state index in [1.807, 2.05) is 31.3 Å². The summed E-state index contributed by atoms with van der Waals surface area (Å²) < 4.78 is 8.20. The predicted octanol–water partition coefficient (Wildman–Crippen LogP) is 5.76. The number of benzene rings is 2. The molecular formula is C27H27N5O2S. The van der Waals surface area contributed by atoms with Gasteiger partial charge in [0.05, 0.1) is 12.1 Å². The first-order valence-electron chi connectivity index (χ1n) is 11.7. The molecule has 8 heteroatoms. The van der Waals surface area contributed by atoms with Gasteiger partial charge in [-0.05, 0) is 67.8 Å². The lowest BCUT2D eigenvalue weighted by molar-refractivity contribution is -0.114. The molecule has 0 radical (unpaired) electrons. The number of fused-ring (bicyclic) bond motifs is 2. The van der Waals surface area contributed by atoms with Crippen LogP contribution in [0, 0.1) is 19.3 Å². The Balaban J connectivity index is 1.42. The van der Waals surface area contributed by atoms with Gasteiger partial charge in [0, 0.05) is 22.7 Å². The molecule has 2 aliphatic rings. The van der Waals surface area contributed by atoms with Crippen LogP contribution in [-0.2, 0) is 11.3 Å². The first-order valence-corrected chi connectivity index (χ1v) is 12.5. The lowest BCUT2D eigenvalue weighted by atomic mass is 10.1. The summed E-state index contributed by atoms with van der Waals surface area (Å²) in [6, 6.07) is 14.3. The van der Waals surface area contributed by atoms with Gasteiger partial charge in [-0.15, -0.1) is 0 Å². The van der Waals surface area contributed by atoms with Gasteiger partial charge < -0.3 is 9.30 Å². The normalized spacial score (nSPS) is 16.7. The molecule has 0 bridgehead atoms. The van der Waals surface area contributed by atoms with Crippen LogP contribution in [0.1, 0.15) is 36.5 Å². The van der Waals surface area contributed by atoms with Crippen LogP contribution in [0.4, 0.5) is 0 Å². The van der Waals surface area contributed by atoms with Crippen LogP contribution in [0.2, 0.25) is 0 Å². The first-order chi connectivity index (χ1) is 16.9. The standard InChI is InChI=1S/C27H27N5O2S/c1-4-7-24-30-32-25(28)21(26(33)29-27(32)35-24)15-19-16-31(22-9-6-5-8-20(19)22)12-13-34-23-14-17(2)10-11-18(23)3/h5-6,8-11,14-16,28H,4,7,12-13H2,1-3H3/b21-15+,28-25?. The van der Waals surface area contributed by atoms with Crippen molar-refractivity contribution in [3.8, 4) is 5.75 Å². The quantitative estimate of drug-likeness (QED) is 0.432. The fraction of sp³-hybridized carbons (Fsp3) is 0.259. The van der Waals surface area contributed by atoms with Gasteiger partial charge in [0.2, 0.25) is 5.17 Å². The Kier molecular flexibility index (Phi) is 6.30. The molecule has 7 nitrogen and oxygen atoms in total. The summed E-state index contributed by atoms with van der Waals surface area (Å²) in [6.07, 6.45) is 5.52. The summed E-state index contributed by atoms with van der Waals surface area (Å²) in [5.41, 5.74) is 4.42. The Morgan fingerprint density at radius 3 is 2.83 bits per heavy atom. The molecule has 0 unspecified atom stereocenters. The SMILES string of the molecule is CCCC1=NN2C(=N)/C(=C\c3cn(CCOc4cc(C)ccc4C)c4ccccc34)C(=O)N=C2S1. The number of aryl methyl sites for hydroxylation is 2. The first kappa shape index (κ1) is 23.1.